The second-order valence-electron chi connectivity index (χ2n) is 4.54. The summed E-state index contributed by atoms with van der Waals surface area (Å²) in [6.07, 6.45) is 0. The standard InChI is InChI=1S/C11H18N4O4/c1-11(2,9(16)17)13-10(18)12-6-7-5-8(19-4)15(3)14-7/h5H,6H2,1-4H3,(H,16,17)(H2,12,13,18). The van der Waals surface area contributed by atoms with Crippen LogP contribution in [0.1, 0.15) is 19.5 Å². The number of amides is 2. The van der Waals surface area contributed by atoms with Gasteiger partial charge in [0.1, 0.15) is 5.54 Å². The van der Waals surface area contributed by atoms with Crippen molar-refractivity contribution >= 4 is 12.0 Å². The first kappa shape index (κ1) is 14.8. The highest BCUT2D eigenvalue weighted by atomic mass is 16.5. The van der Waals surface area contributed by atoms with E-state index in [0.717, 1.165) is 0 Å². The molecule has 0 bridgehead atoms. The summed E-state index contributed by atoms with van der Waals surface area (Å²) in [5.74, 6) is -0.537. The van der Waals surface area contributed by atoms with Crippen LogP contribution in [0.3, 0.4) is 0 Å². The molecule has 1 rings (SSSR count). The Kier molecular flexibility index (Phi) is 4.36. The number of nitrogens with zero attached hydrogens (tertiary/aromatic N) is 2. The molecule has 0 saturated carbocycles. The Balaban J connectivity index is 2.52. The molecule has 2 amide bonds. The fourth-order valence-corrected chi connectivity index (χ4v) is 1.34. The quantitative estimate of drug-likeness (QED) is 0.703. The number of rotatable bonds is 5. The molecule has 0 fully saturated rings. The van der Waals surface area contributed by atoms with Gasteiger partial charge in [0.2, 0.25) is 5.88 Å². The molecule has 0 aliphatic carbocycles. The molecule has 0 aromatic carbocycles. The second kappa shape index (κ2) is 5.59. The van der Waals surface area contributed by atoms with Crippen molar-refractivity contribution in [2.75, 3.05) is 7.11 Å². The minimum absolute atomic E-state index is 0.179. The molecular weight excluding hydrogens is 252 g/mol. The van der Waals surface area contributed by atoms with Gasteiger partial charge in [0.15, 0.2) is 0 Å². The number of methoxy groups -OCH3 is 1. The number of aromatic nitrogens is 2. The van der Waals surface area contributed by atoms with E-state index in [2.05, 4.69) is 15.7 Å². The van der Waals surface area contributed by atoms with E-state index in [0.29, 0.717) is 11.6 Å². The maximum atomic E-state index is 11.5. The first-order valence-corrected chi connectivity index (χ1v) is 5.62. The molecule has 8 nitrogen and oxygen atoms in total. The summed E-state index contributed by atoms with van der Waals surface area (Å²) in [4.78, 5) is 22.4. The molecular formula is C11H18N4O4. The van der Waals surface area contributed by atoms with Gasteiger partial charge in [0.25, 0.3) is 0 Å². The molecule has 1 aromatic heterocycles. The zero-order valence-corrected chi connectivity index (χ0v) is 11.4. The van der Waals surface area contributed by atoms with E-state index >= 15 is 0 Å². The van der Waals surface area contributed by atoms with Gasteiger partial charge < -0.3 is 20.5 Å². The van der Waals surface area contributed by atoms with Gasteiger partial charge in [-0.05, 0) is 13.8 Å². The number of carbonyl (C=O) groups is 2. The molecule has 19 heavy (non-hydrogen) atoms. The number of ether oxygens (including phenoxy) is 1. The van der Waals surface area contributed by atoms with E-state index in [1.807, 2.05) is 0 Å². The number of hydrogen-bond donors (Lipinski definition) is 3. The monoisotopic (exact) mass is 270 g/mol. The van der Waals surface area contributed by atoms with Crippen LogP contribution in [0.25, 0.3) is 0 Å². The fraction of sp³-hybridized carbons (Fsp3) is 0.545. The van der Waals surface area contributed by atoms with Crippen molar-refractivity contribution in [2.45, 2.75) is 25.9 Å². The Morgan fingerprint density at radius 2 is 2.16 bits per heavy atom. The molecule has 1 heterocycles. The smallest absolute Gasteiger partial charge is 0.328 e. The summed E-state index contributed by atoms with van der Waals surface area (Å²) in [5, 5.41) is 17.9. The number of nitrogens with one attached hydrogen (secondary N) is 2. The highest BCUT2D eigenvalue weighted by Crippen LogP contribution is 2.10. The molecule has 3 N–H and O–H groups in total. The van der Waals surface area contributed by atoms with Crippen LogP contribution in [-0.2, 0) is 18.4 Å². The van der Waals surface area contributed by atoms with E-state index in [-0.39, 0.29) is 6.54 Å². The van der Waals surface area contributed by atoms with Crippen LogP contribution in [0.5, 0.6) is 5.88 Å². The summed E-state index contributed by atoms with van der Waals surface area (Å²) in [7, 11) is 3.24. The maximum Gasteiger partial charge on any atom is 0.328 e. The van der Waals surface area contributed by atoms with E-state index in [1.165, 1.54) is 25.6 Å². The summed E-state index contributed by atoms with van der Waals surface area (Å²) in [5.41, 5.74) is -0.714. The second-order valence-corrected chi connectivity index (χ2v) is 4.54. The Morgan fingerprint density at radius 3 is 2.63 bits per heavy atom. The predicted molar refractivity (Wildman–Crippen MR) is 66.8 cm³/mol. The Bertz CT molecular complexity index is 481. The molecule has 1 aromatic rings. The maximum absolute atomic E-state index is 11.5. The zero-order valence-electron chi connectivity index (χ0n) is 11.4. The lowest BCUT2D eigenvalue weighted by molar-refractivity contribution is -0.142. The highest BCUT2D eigenvalue weighted by Gasteiger charge is 2.28. The first-order chi connectivity index (χ1) is 8.76. The number of carbonyl (C=O) groups excluding carboxylic acids is 1. The number of carboxylic acids is 1. The predicted octanol–water partition coefficient (Wildman–Crippen LogP) is 0.0911. The largest absolute Gasteiger partial charge is 0.481 e. The molecule has 0 spiro atoms. The van der Waals surface area contributed by atoms with Crippen LogP contribution in [0.4, 0.5) is 4.79 Å². The van der Waals surface area contributed by atoms with Gasteiger partial charge in [-0.2, -0.15) is 5.10 Å². The van der Waals surface area contributed by atoms with E-state index in [4.69, 9.17) is 9.84 Å². The molecule has 0 radical (unpaired) electrons. The van der Waals surface area contributed by atoms with E-state index in [1.54, 1.807) is 13.1 Å². The van der Waals surface area contributed by atoms with E-state index < -0.39 is 17.5 Å². The van der Waals surface area contributed by atoms with Gasteiger partial charge in [0.05, 0.1) is 19.3 Å². The lowest BCUT2D eigenvalue weighted by Gasteiger charge is -2.20. The summed E-state index contributed by atoms with van der Waals surface area (Å²) in [6, 6.07) is 1.11. The Labute approximate surface area is 110 Å². The number of hydrogen-bond acceptors (Lipinski definition) is 4. The average Bonchev–Trinajstić information content (AvgIpc) is 2.66. The van der Waals surface area contributed by atoms with Crippen molar-refractivity contribution in [2.24, 2.45) is 7.05 Å². The zero-order chi connectivity index (χ0) is 14.6. The first-order valence-electron chi connectivity index (χ1n) is 5.62. The van der Waals surface area contributed by atoms with Gasteiger partial charge in [-0.15, -0.1) is 0 Å². The fourth-order valence-electron chi connectivity index (χ4n) is 1.34. The lowest BCUT2D eigenvalue weighted by Crippen LogP contribution is -2.53. The van der Waals surface area contributed by atoms with Gasteiger partial charge in [-0.3, -0.25) is 0 Å². The number of aliphatic carboxylic acids is 1. The van der Waals surface area contributed by atoms with Crippen LogP contribution in [0.15, 0.2) is 6.07 Å². The summed E-state index contributed by atoms with van der Waals surface area (Å²) >= 11 is 0. The van der Waals surface area contributed by atoms with Crippen LogP contribution < -0.4 is 15.4 Å². The van der Waals surface area contributed by atoms with Crippen molar-refractivity contribution in [3.8, 4) is 5.88 Å². The third-order valence-electron chi connectivity index (χ3n) is 2.49. The minimum Gasteiger partial charge on any atom is -0.481 e. The van der Waals surface area contributed by atoms with Crippen LogP contribution in [0.2, 0.25) is 0 Å². The SMILES string of the molecule is COc1cc(CNC(=O)NC(C)(C)C(=O)O)nn1C. The third-order valence-corrected chi connectivity index (χ3v) is 2.49. The molecule has 0 unspecified atom stereocenters. The highest BCUT2D eigenvalue weighted by molar-refractivity contribution is 5.85. The van der Waals surface area contributed by atoms with Gasteiger partial charge >= 0.3 is 12.0 Å². The van der Waals surface area contributed by atoms with Gasteiger partial charge in [-0.1, -0.05) is 0 Å². The van der Waals surface area contributed by atoms with E-state index in [9.17, 15) is 9.59 Å². The number of aryl methyl sites for hydroxylation is 1. The number of carboxylic acid groups (broad SMARTS) is 1. The molecule has 0 atom stereocenters. The molecule has 8 heteroatoms. The minimum atomic E-state index is -1.33. The van der Waals surface area contributed by atoms with Crippen LogP contribution in [-0.4, -0.2) is 39.5 Å². The topological polar surface area (TPSA) is 105 Å². The lowest BCUT2D eigenvalue weighted by atomic mass is 10.1. The average molecular weight is 270 g/mol. The van der Waals surface area contributed by atoms with Crippen molar-refractivity contribution < 1.29 is 19.4 Å². The van der Waals surface area contributed by atoms with Gasteiger partial charge in [0, 0.05) is 13.1 Å². The Hall–Kier alpha value is -2.25. The van der Waals surface area contributed by atoms with Gasteiger partial charge in [-0.25, -0.2) is 14.3 Å². The summed E-state index contributed by atoms with van der Waals surface area (Å²) < 4.78 is 6.58. The third kappa shape index (κ3) is 3.87. The molecule has 0 aliphatic rings. The van der Waals surface area contributed by atoms with Crippen LogP contribution >= 0.6 is 0 Å². The summed E-state index contributed by atoms with van der Waals surface area (Å²) in [6.45, 7) is 2.98. The molecule has 0 aliphatic heterocycles. The van der Waals surface area contributed by atoms with Crippen molar-refractivity contribution in [3.63, 3.8) is 0 Å². The van der Waals surface area contributed by atoms with Crippen LogP contribution in [0, 0.1) is 0 Å². The molecule has 0 saturated heterocycles. The van der Waals surface area contributed by atoms with Crippen molar-refractivity contribution in [3.05, 3.63) is 11.8 Å². The van der Waals surface area contributed by atoms with Crippen molar-refractivity contribution in [1.82, 2.24) is 20.4 Å². The Morgan fingerprint density at radius 1 is 1.53 bits per heavy atom. The molecule has 106 valence electrons. The van der Waals surface area contributed by atoms with Crippen molar-refractivity contribution in [1.29, 1.82) is 0 Å². The number of urea groups is 1. The normalized spacial score (nSPS) is 10.9.